The number of methoxy groups -OCH3 is 1. The molecule has 1 amide bonds. The Balaban J connectivity index is 2.58. The zero-order valence-corrected chi connectivity index (χ0v) is 9.69. The molecule has 0 aliphatic rings. The maximum absolute atomic E-state index is 11.7. The van der Waals surface area contributed by atoms with Gasteiger partial charge in [-0.15, -0.1) is 6.58 Å². The molecule has 1 atom stereocenters. The summed E-state index contributed by atoms with van der Waals surface area (Å²) in [6.45, 7) is 5.49. The molecule has 0 heterocycles. The largest absolute Gasteiger partial charge is 0.497 e. The Morgan fingerprint density at radius 3 is 2.62 bits per heavy atom. The molecule has 0 saturated carbocycles. The Morgan fingerprint density at radius 2 is 2.12 bits per heavy atom. The number of nitrogens with one attached hydrogen (secondary N) is 1. The average molecular weight is 219 g/mol. The van der Waals surface area contributed by atoms with Crippen LogP contribution < -0.4 is 10.1 Å². The maximum Gasteiger partial charge on any atom is 0.227 e. The third kappa shape index (κ3) is 3.42. The van der Waals surface area contributed by atoms with Gasteiger partial charge in [0, 0.05) is 11.6 Å². The third-order valence-electron chi connectivity index (χ3n) is 2.33. The Bertz CT molecular complexity index is 357. The summed E-state index contributed by atoms with van der Waals surface area (Å²) < 4.78 is 5.03. The third-order valence-corrected chi connectivity index (χ3v) is 2.33. The summed E-state index contributed by atoms with van der Waals surface area (Å²) in [5.74, 6) is 0.724. The van der Waals surface area contributed by atoms with Gasteiger partial charge < -0.3 is 10.1 Å². The van der Waals surface area contributed by atoms with E-state index in [1.807, 2.05) is 31.2 Å². The zero-order valence-electron chi connectivity index (χ0n) is 9.69. The molecule has 0 aliphatic carbocycles. The monoisotopic (exact) mass is 219 g/mol. The van der Waals surface area contributed by atoms with Crippen LogP contribution in [0.5, 0.6) is 5.75 Å². The van der Waals surface area contributed by atoms with Crippen LogP contribution in [0, 0.1) is 5.92 Å². The highest BCUT2D eigenvalue weighted by Crippen LogP contribution is 2.16. The number of anilines is 1. The minimum absolute atomic E-state index is 0.00469. The van der Waals surface area contributed by atoms with Crippen LogP contribution >= 0.6 is 0 Å². The van der Waals surface area contributed by atoms with Gasteiger partial charge in [-0.05, 0) is 30.7 Å². The SMILES string of the molecule is C=CCC(C)C(=O)Nc1ccc(OC)cc1. The molecule has 1 rings (SSSR count). The van der Waals surface area contributed by atoms with E-state index in [0.717, 1.165) is 11.4 Å². The van der Waals surface area contributed by atoms with Gasteiger partial charge in [-0.2, -0.15) is 0 Å². The number of amides is 1. The van der Waals surface area contributed by atoms with Crippen LogP contribution in [0.25, 0.3) is 0 Å². The summed E-state index contributed by atoms with van der Waals surface area (Å²) in [6.07, 6.45) is 2.43. The molecule has 0 radical (unpaired) electrons. The molecule has 16 heavy (non-hydrogen) atoms. The number of rotatable bonds is 5. The van der Waals surface area contributed by atoms with E-state index in [4.69, 9.17) is 4.74 Å². The first kappa shape index (κ1) is 12.3. The first-order chi connectivity index (χ1) is 7.67. The molecule has 0 aromatic heterocycles. The number of hydrogen-bond acceptors (Lipinski definition) is 2. The van der Waals surface area contributed by atoms with E-state index in [9.17, 15) is 4.79 Å². The zero-order chi connectivity index (χ0) is 12.0. The standard InChI is InChI=1S/C13H17NO2/c1-4-5-10(2)13(15)14-11-6-8-12(16-3)9-7-11/h4,6-10H,1,5H2,2-3H3,(H,14,15). The molecule has 86 valence electrons. The quantitative estimate of drug-likeness (QED) is 0.773. The van der Waals surface area contributed by atoms with Gasteiger partial charge in [-0.25, -0.2) is 0 Å². The van der Waals surface area contributed by atoms with E-state index in [-0.39, 0.29) is 11.8 Å². The second kappa shape index (κ2) is 5.95. The minimum Gasteiger partial charge on any atom is -0.497 e. The smallest absolute Gasteiger partial charge is 0.227 e. The highest BCUT2D eigenvalue weighted by Gasteiger charge is 2.10. The molecule has 1 N–H and O–H groups in total. The summed E-state index contributed by atoms with van der Waals surface area (Å²) >= 11 is 0. The topological polar surface area (TPSA) is 38.3 Å². The highest BCUT2D eigenvalue weighted by molar-refractivity contribution is 5.92. The Hall–Kier alpha value is -1.77. The van der Waals surface area contributed by atoms with Crippen LogP contribution in [0.15, 0.2) is 36.9 Å². The van der Waals surface area contributed by atoms with Crippen molar-refractivity contribution in [3.05, 3.63) is 36.9 Å². The van der Waals surface area contributed by atoms with Crippen molar-refractivity contribution in [1.82, 2.24) is 0 Å². The number of ether oxygens (including phenoxy) is 1. The first-order valence-electron chi connectivity index (χ1n) is 5.23. The van der Waals surface area contributed by atoms with Crippen molar-refractivity contribution in [3.8, 4) is 5.75 Å². The number of carbonyl (C=O) groups excluding carboxylic acids is 1. The molecule has 1 aromatic rings. The fraction of sp³-hybridized carbons (Fsp3) is 0.308. The van der Waals surface area contributed by atoms with Gasteiger partial charge >= 0.3 is 0 Å². The van der Waals surface area contributed by atoms with Crippen molar-refractivity contribution < 1.29 is 9.53 Å². The Morgan fingerprint density at radius 1 is 1.50 bits per heavy atom. The number of benzene rings is 1. The molecule has 0 bridgehead atoms. The molecular weight excluding hydrogens is 202 g/mol. The average Bonchev–Trinajstić information content (AvgIpc) is 2.30. The Kier molecular flexibility index (Phi) is 4.58. The molecule has 0 spiro atoms. The maximum atomic E-state index is 11.7. The van der Waals surface area contributed by atoms with Crippen LogP contribution in [0.2, 0.25) is 0 Å². The summed E-state index contributed by atoms with van der Waals surface area (Å²) in [6, 6.07) is 7.26. The van der Waals surface area contributed by atoms with Crippen molar-refractivity contribution in [2.24, 2.45) is 5.92 Å². The predicted octanol–water partition coefficient (Wildman–Crippen LogP) is 2.85. The summed E-state index contributed by atoms with van der Waals surface area (Å²) in [4.78, 5) is 11.7. The molecule has 3 nitrogen and oxygen atoms in total. The molecule has 1 aromatic carbocycles. The van der Waals surface area contributed by atoms with Gasteiger partial charge in [0.2, 0.25) is 5.91 Å². The molecule has 1 unspecified atom stereocenters. The van der Waals surface area contributed by atoms with E-state index in [1.54, 1.807) is 13.2 Å². The minimum atomic E-state index is -0.0559. The van der Waals surface area contributed by atoms with Gasteiger partial charge in [0.05, 0.1) is 7.11 Å². The van der Waals surface area contributed by atoms with E-state index >= 15 is 0 Å². The first-order valence-corrected chi connectivity index (χ1v) is 5.23. The van der Waals surface area contributed by atoms with Crippen LogP contribution in [0.3, 0.4) is 0 Å². The lowest BCUT2D eigenvalue weighted by atomic mass is 10.1. The molecule has 0 fully saturated rings. The van der Waals surface area contributed by atoms with E-state index < -0.39 is 0 Å². The number of allylic oxidation sites excluding steroid dienone is 1. The van der Waals surface area contributed by atoms with E-state index in [2.05, 4.69) is 11.9 Å². The Labute approximate surface area is 96.1 Å². The van der Waals surface area contributed by atoms with Crippen molar-refractivity contribution in [1.29, 1.82) is 0 Å². The second-order valence-corrected chi connectivity index (χ2v) is 3.64. The summed E-state index contributed by atoms with van der Waals surface area (Å²) in [5.41, 5.74) is 0.779. The molecule has 3 heteroatoms. The summed E-state index contributed by atoms with van der Waals surface area (Å²) in [7, 11) is 1.61. The van der Waals surface area contributed by atoms with Crippen LogP contribution in [-0.2, 0) is 4.79 Å². The van der Waals surface area contributed by atoms with Gasteiger partial charge in [0.25, 0.3) is 0 Å². The van der Waals surface area contributed by atoms with Crippen LogP contribution in [0.4, 0.5) is 5.69 Å². The van der Waals surface area contributed by atoms with Crippen LogP contribution in [-0.4, -0.2) is 13.0 Å². The van der Waals surface area contributed by atoms with Crippen molar-refractivity contribution in [3.63, 3.8) is 0 Å². The van der Waals surface area contributed by atoms with E-state index in [0.29, 0.717) is 6.42 Å². The molecule has 0 saturated heterocycles. The highest BCUT2D eigenvalue weighted by atomic mass is 16.5. The number of carbonyl (C=O) groups is 1. The fourth-order valence-corrected chi connectivity index (χ4v) is 1.30. The summed E-state index contributed by atoms with van der Waals surface area (Å²) in [5, 5.41) is 2.84. The molecule has 0 aliphatic heterocycles. The lowest BCUT2D eigenvalue weighted by Crippen LogP contribution is -2.19. The van der Waals surface area contributed by atoms with Crippen molar-refractivity contribution in [2.45, 2.75) is 13.3 Å². The van der Waals surface area contributed by atoms with Crippen molar-refractivity contribution in [2.75, 3.05) is 12.4 Å². The lowest BCUT2D eigenvalue weighted by molar-refractivity contribution is -0.119. The van der Waals surface area contributed by atoms with E-state index in [1.165, 1.54) is 0 Å². The van der Waals surface area contributed by atoms with Gasteiger partial charge in [-0.3, -0.25) is 4.79 Å². The van der Waals surface area contributed by atoms with Crippen LogP contribution in [0.1, 0.15) is 13.3 Å². The normalized spacial score (nSPS) is 11.6. The predicted molar refractivity (Wildman–Crippen MR) is 65.6 cm³/mol. The van der Waals surface area contributed by atoms with Gasteiger partial charge in [0.1, 0.15) is 5.75 Å². The second-order valence-electron chi connectivity index (χ2n) is 3.64. The van der Waals surface area contributed by atoms with Gasteiger partial charge in [0.15, 0.2) is 0 Å². The fourth-order valence-electron chi connectivity index (χ4n) is 1.30. The lowest BCUT2D eigenvalue weighted by Gasteiger charge is -2.10. The van der Waals surface area contributed by atoms with Gasteiger partial charge in [-0.1, -0.05) is 13.0 Å². The van der Waals surface area contributed by atoms with Crippen molar-refractivity contribution >= 4 is 11.6 Å². The number of hydrogen-bond donors (Lipinski definition) is 1. The molecular formula is C13H17NO2.